The van der Waals surface area contributed by atoms with Gasteiger partial charge in [-0.2, -0.15) is 0 Å². The van der Waals surface area contributed by atoms with Gasteiger partial charge in [0.05, 0.1) is 29.9 Å². The van der Waals surface area contributed by atoms with Crippen molar-refractivity contribution >= 4 is 28.6 Å². The fraction of sp³-hybridized carbons (Fsp3) is 0.500. The van der Waals surface area contributed by atoms with Gasteiger partial charge in [0, 0.05) is 61.3 Å². The third-order valence-corrected chi connectivity index (χ3v) is 9.94. The average Bonchev–Trinajstić information content (AvgIpc) is 3.06. The molecule has 3 heterocycles. The van der Waals surface area contributed by atoms with Crippen LogP contribution in [0.3, 0.4) is 0 Å². The number of hydrogen-bond acceptors (Lipinski definition) is 5. The summed E-state index contributed by atoms with van der Waals surface area (Å²) in [6.45, 7) is 4.13. The fourth-order valence-corrected chi connectivity index (χ4v) is 7.34. The van der Waals surface area contributed by atoms with Crippen LogP contribution in [-0.2, 0) is 16.1 Å². The molecule has 11 heteroatoms. The molecule has 1 saturated carbocycles. The number of fused-ring (bicyclic) bond motifs is 1. The molecule has 2 saturated heterocycles. The molecule has 2 aromatic carbocycles. The molecule has 3 amide bonds. The van der Waals surface area contributed by atoms with E-state index < -0.39 is 23.4 Å². The van der Waals surface area contributed by atoms with Crippen molar-refractivity contribution in [2.45, 2.75) is 70.9 Å². The van der Waals surface area contributed by atoms with E-state index in [1.165, 1.54) is 24.6 Å². The minimum atomic E-state index is -0.800. The molecule has 47 heavy (non-hydrogen) atoms. The molecule has 3 aromatic rings. The predicted molar refractivity (Wildman–Crippen MR) is 173 cm³/mol. The lowest BCUT2D eigenvalue weighted by Crippen LogP contribution is -2.53. The summed E-state index contributed by atoms with van der Waals surface area (Å²) in [5.41, 5.74) is 1.16. The van der Waals surface area contributed by atoms with Crippen molar-refractivity contribution in [1.29, 1.82) is 0 Å². The van der Waals surface area contributed by atoms with E-state index in [0.29, 0.717) is 43.2 Å². The Balaban J connectivity index is 1.35. The first-order valence-electron chi connectivity index (χ1n) is 16.8. The quantitative estimate of drug-likeness (QED) is 0.340. The van der Waals surface area contributed by atoms with E-state index in [4.69, 9.17) is 4.98 Å². The normalized spacial score (nSPS) is 18.9. The number of piperazine rings is 1. The molecule has 0 radical (unpaired) electrons. The summed E-state index contributed by atoms with van der Waals surface area (Å²) in [6, 6.07) is 6.89. The Morgan fingerprint density at radius 3 is 2.30 bits per heavy atom. The summed E-state index contributed by atoms with van der Waals surface area (Å²) in [5.74, 6) is -2.56. The molecule has 0 spiro atoms. The van der Waals surface area contributed by atoms with E-state index in [-0.39, 0.29) is 59.7 Å². The van der Waals surface area contributed by atoms with Crippen LogP contribution in [0.5, 0.6) is 0 Å². The minimum absolute atomic E-state index is 0.0179. The Bertz CT molecular complexity index is 1630. The summed E-state index contributed by atoms with van der Waals surface area (Å²) in [5, 5.41) is 3.44. The van der Waals surface area contributed by atoms with Gasteiger partial charge in [0.15, 0.2) is 0 Å². The van der Waals surface area contributed by atoms with Crippen molar-refractivity contribution < 1.29 is 27.6 Å². The molecule has 6 rings (SSSR count). The summed E-state index contributed by atoms with van der Waals surface area (Å²) in [4.78, 5) is 50.4. The van der Waals surface area contributed by atoms with Gasteiger partial charge in [-0.25, -0.2) is 18.2 Å². The van der Waals surface area contributed by atoms with Crippen LogP contribution in [0.15, 0.2) is 36.4 Å². The number of likely N-dealkylation sites (tertiary alicyclic amines) is 1. The number of amides is 3. The van der Waals surface area contributed by atoms with Crippen LogP contribution < -0.4 is 5.32 Å². The van der Waals surface area contributed by atoms with Gasteiger partial charge in [0.2, 0.25) is 11.8 Å². The second-order valence-electron chi connectivity index (χ2n) is 13.3. The van der Waals surface area contributed by atoms with Gasteiger partial charge >= 0.3 is 0 Å². The van der Waals surface area contributed by atoms with Crippen molar-refractivity contribution in [2.75, 3.05) is 39.3 Å². The highest BCUT2D eigenvalue weighted by Crippen LogP contribution is 2.34. The number of piperidine rings is 1. The smallest absolute Gasteiger partial charge is 0.252 e. The van der Waals surface area contributed by atoms with Crippen LogP contribution in [0, 0.1) is 23.4 Å². The monoisotopic (exact) mass is 649 g/mol. The van der Waals surface area contributed by atoms with Gasteiger partial charge in [0.25, 0.3) is 5.91 Å². The first kappa shape index (κ1) is 32.9. The topological polar surface area (TPSA) is 85.9 Å². The van der Waals surface area contributed by atoms with Crippen LogP contribution >= 0.6 is 0 Å². The van der Waals surface area contributed by atoms with Crippen LogP contribution in [-0.4, -0.2) is 82.7 Å². The highest BCUT2D eigenvalue weighted by molar-refractivity contribution is 6.09. The summed E-state index contributed by atoms with van der Waals surface area (Å²) in [7, 11) is 0. The highest BCUT2D eigenvalue weighted by Gasteiger charge is 2.31. The van der Waals surface area contributed by atoms with E-state index in [2.05, 4.69) is 5.32 Å². The van der Waals surface area contributed by atoms with E-state index in [0.717, 1.165) is 63.1 Å². The molecule has 1 N–H and O–H groups in total. The number of carbonyl (C=O) groups is 3. The standard InChI is InChI=1S/C36H42F3N5O3/c1-23(24-8-4-2-5-9-24)40-36(47)34-29-19-26(37)10-11-31(29)41-35(25-16-27(38)18-28(39)17-25)30(34)20-42-14-15-44(32(45)21-42)22-33(46)43-12-6-3-7-13-43/h10-11,16-19,23-24H,2-9,12-15,20-22H2,1H3,(H,40,47). The predicted octanol–water partition coefficient (Wildman–Crippen LogP) is 5.67. The van der Waals surface area contributed by atoms with Crippen molar-refractivity contribution in [3.05, 3.63) is 65.0 Å². The molecule has 0 bridgehead atoms. The van der Waals surface area contributed by atoms with Crippen LogP contribution in [0.2, 0.25) is 0 Å². The van der Waals surface area contributed by atoms with Gasteiger partial charge in [-0.15, -0.1) is 0 Å². The maximum Gasteiger partial charge on any atom is 0.252 e. The number of nitrogens with one attached hydrogen (secondary N) is 1. The second-order valence-corrected chi connectivity index (χ2v) is 13.3. The number of aromatic nitrogens is 1. The van der Waals surface area contributed by atoms with Crippen LogP contribution in [0.4, 0.5) is 13.2 Å². The van der Waals surface area contributed by atoms with Crippen molar-refractivity contribution in [3.8, 4) is 11.3 Å². The maximum atomic E-state index is 14.7. The first-order chi connectivity index (χ1) is 22.7. The summed E-state index contributed by atoms with van der Waals surface area (Å²) in [6.07, 6.45) is 8.38. The second kappa shape index (κ2) is 14.4. The van der Waals surface area contributed by atoms with Gasteiger partial charge in [-0.05, 0) is 75.3 Å². The number of carbonyl (C=O) groups excluding carboxylic acids is 3. The Hall–Kier alpha value is -3.99. The lowest BCUT2D eigenvalue weighted by Gasteiger charge is -2.36. The molecule has 8 nitrogen and oxygen atoms in total. The molecule has 2 aliphatic heterocycles. The Labute approximate surface area is 273 Å². The molecule has 250 valence electrons. The molecule has 1 aliphatic carbocycles. The Kier molecular flexibility index (Phi) is 10.1. The number of benzene rings is 2. The zero-order chi connectivity index (χ0) is 33.1. The van der Waals surface area contributed by atoms with Crippen LogP contribution in [0.25, 0.3) is 22.2 Å². The number of pyridine rings is 1. The molecular formula is C36H42F3N5O3. The van der Waals surface area contributed by atoms with Gasteiger partial charge in [-0.1, -0.05) is 19.3 Å². The molecule has 1 aromatic heterocycles. The van der Waals surface area contributed by atoms with E-state index in [9.17, 15) is 27.6 Å². The van der Waals surface area contributed by atoms with Crippen molar-refractivity contribution in [2.24, 2.45) is 5.92 Å². The third-order valence-electron chi connectivity index (χ3n) is 9.94. The zero-order valence-corrected chi connectivity index (χ0v) is 26.9. The van der Waals surface area contributed by atoms with E-state index in [1.807, 2.05) is 16.7 Å². The number of halogens is 3. The van der Waals surface area contributed by atoms with E-state index >= 15 is 0 Å². The Morgan fingerprint density at radius 1 is 0.894 bits per heavy atom. The molecular weight excluding hydrogens is 607 g/mol. The molecule has 3 fully saturated rings. The lowest BCUT2D eigenvalue weighted by atomic mass is 9.84. The lowest BCUT2D eigenvalue weighted by molar-refractivity contribution is -0.144. The average molecular weight is 650 g/mol. The third kappa shape index (κ3) is 7.61. The zero-order valence-electron chi connectivity index (χ0n) is 26.9. The van der Waals surface area contributed by atoms with E-state index in [1.54, 1.807) is 4.90 Å². The number of hydrogen-bond donors (Lipinski definition) is 1. The largest absolute Gasteiger partial charge is 0.349 e. The summed E-state index contributed by atoms with van der Waals surface area (Å²) < 4.78 is 43.8. The molecule has 3 aliphatic rings. The Morgan fingerprint density at radius 2 is 1.60 bits per heavy atom. The number of nitrogens with zero attached hydrogens (tertiary/aromatic N) is 4. The SMILES string of the molecule is CC(NC(=O)c1c(CN2CCN(CC(=O)N3CCCCC3)C(=O)C2)c(-c2cc(F)cc(F)c2)nc2ccc(F)cc12)C1CCCCC1. The fourth-order valence-electron chi connectivity index (χ4n) is 7.34. The highest BCUT2D eigenvalue weighted by atomic mass is 19.1. The van der Waals surface area contributed by atoms with Gasteiger partial charge < -0.3 is 15.1 Å². The maximum absolute atomic E-state index is 14.7. The van der Waals surface area contributed by atoms with Crippen LogP contribution in [0.1, 0.15) is 74.2 Å². The summed E-state index contributed by atoms with van der Waals surface area (Å²) >= 11 is 0. The van der Waals surface area contributed by atoms with Crippen molar-refractivity contribution in [3.63, 3.8) is 0 Å². The molecule has 1 unspecified atom stereocenters. The van der Waals surface area contributed by atoms with Gasteiger partial charge in [-0.3, -0.25) is 19.3 Å². The van der Waals surface area contributed by atoms with Gasteiger partial charge in [0.1, 0.15) is 17.5 Å². The minimum Gasteiger partial charge on any atom is -0.349 e. The first-order valence-corrected chi connectivity index (χ1v) is 16.8. The number of rotatable bonds is 8. The van der Waals surface area contributed by atoms with Crippen molar-refractivity contribution in [1.82, 2.24) is 25.0 Å². The molecule has 1 atom stereocenters.